The third-order valence-electron chi connectivity index (χ3n) is 4.19. The number of halogens is 1. The monoisotopic (exact) mass is 381 g/mol. The van der Waals surface area contributed by atoms with Crippen LogP contribution >= 0.6 is 23.4 Å². The van der Waals surface area contributed by atoms with Crippen LogP contribution in [-0.4, -0.2) is 27.7 Å². The first-order valence-corrected chi connectivity index (χ1v) is 9.63. The zero-order valence-corrected chi connectivity index (χ0v) is 15.9. The van der Waals surface area contributed by atoms with E-state index < -0.39 is 0 Å². The van der Waals surface area contributed by atoms with Gasteiger partial charge < -0.3 is 4.74 Å². The molecule has 2 aromatic heterocycles. The van der Waals surface area contributed by atoms with Crippen molar-refractivity contribution in [2.45, 2.75) is 4.90 Å². The van der Waals surface area contributed by atoms with E-state index in [0.29, 0.717) is 16.5 Å². The third-order valence-corrected chi connectivity index (χ3v) is 5.23. The van der Waals surface area contributed by atoms with Crippen LogP contribution in [0.4, 0.5) is 0 Å². The molecule has 0 saturated carbocycles. The Labute approximate surface area is 160 Å². The van der Waals surface area contributed by atoms with Crippen LogP contribution in [0.5, 0.6) is 5.75 Å². The second-order valence-electron chi connectivity index (χ2n) is 5.68. The highest BCUT2D eigenvalue weighted by atomic mass is 35.5. The minimum Gasteiger partial charge on any atom is -0.495 e. The van der Waals surface area contributed by atoms with Gasteiger partial charge in [0.25, 0.3) is 0 Å². The van der Waals surface area contributed by atoms with Gasteiger partial charge in [-0.1, -0.05) is 23.7 Å². The van der Waals surface area contributed by atoms with E-state index in [0.717, 1.165) is 22.5 Å². The Morgan fingerprint density at radius 1 is 1.08 bits per heavy atom. The zero-order chi connectivity index (χ0) is 18.1. The van der Waals surface area contributed by atoms with Crippen molar-refractivity contribution in [2.75, 3.05) is 13.4 Å². The lowest BCUT2D eigenvalue weighted by Gasteiger charge is -2.09. The van der Waals surface area contributed by atoms with E-state index in [9.17, 15) is 0 Å². The summed E-state index contributed by atoms with van der Waals surface area (Å²) in [5.41, 5.74) is 3.82. The first-order valence-electron chi connectivity index (χ1n) is 8.02. The van der Waals surface area contributed by atoms with Gasteiger partial charge >= 0.3 is 0 Å². The van der Waals surface area contributed by atoms with Crippen molar-refractivity contribution in [3.8, 4) is 28.3 Å². The van der Waals surface area contributed by atoms with Crippen LogP contribution in [0.1, 0.15) is 0 Å². The summed E-state index contributed by atoms with van der Waals surface area (Å²) in [5.74, 6) is 1.30. The maximum atomic E-state index is 6.36. The van der Waals surface area contributed by atoms with Gasteiger partial charge in [0, 0.05) is 28.4 Å². The fourth-order valence-corrected chi connectivity index (χ4v) is 3.59. The van der Waals surface area contributed by atoms with E-state index in [1.54, 1.807) is 25.1 Å². The topological polar surface area (TPSA) is 39.4 Å². The molecule has 4 aromatic rings. The van der Waals surface area contributed by atoms with E-state index >= 15 is 0 Å². The van der Waals surface area contributed by atoms with E-state index in [1.165, 1.54) is 4.90 Å². The molecule has 130 valence electrons. The van der Waals surface area contributed by atoms with E-state index in [1.807, 2.05) is 34.9 Å². The summed E-state index contributed by atoms with van der Waals surface area (Å²) in [6.07, 6.45) is 5.77. The average Bonchev–Trinajstić information content (AvgIpc) is 3.07. The number of aromatic nitrogens is 3. The molecule has 4 nitrogen and oxygen atoms in total. The Bertz CT molecular complexity index is 1080. The van der Waals surface area contributed by atoms with Gasteiger partial charge in [0.2, 0.25) is 5.78 Å². The standard InChI is InChI=1S/C20H16ClN3OS/c1-25-17-9-6-14(12-16(17)21)19-18(13-4-7-15(26-2)8-5-13)23-20-22-10-3-11-24(19)20/h3-12H,1-2H3. The Kier molecular flexibility index (Phi) is 4.57. The molecule has 0 amide bonds. The lowest BCUT2D eigenvalue weighted by atomic mass is 10.0. The van der Waals surface area contributed by atoms with Gasteiger partial charge in [-0.05, 0) is 42.7 Å². The molecule has 2 heterocycles. The summed E-state index contributed by atoms with van der Waals surface area (Å²) in [7, 11) is 1.61. The van der Waals surface area contributed by atoms with Crippen LogP contribution in [0.25, 0.3) is 28.3 Å². The molecule has 0 aliphatic rings. The van der Waals surface area contributed by atoms with Gasteiger partial charge in [-0.25, -0.2) is 9.97 Å². The summed E-state index contributed by atoms with van der Waals surface area (Å²) in [6.45, 7) is 0. The van der Waals surface area contributed by atoms with Crippen LogP contribution < -0.4 is 4.74 Å². The smallest absolute Gasteiger partial charge is 0.234 e. The number of hydrogen-bond donors (Lipinski definition) is 0. The van der Waals surface area contributed by atoms with Gasteiger partial charge in [-0.2, -0.15) is 0 Å². The van der Waals surface area contributed by atoms with Crippen molar-refractivity contribution in [1.29, 1.82) is 0 Å². The Hall–Kier alpha value is -2.50. The number of imidazole rings is 1. The molecule has 0 spiro atoms. The summed E-state index contributed by atoms with van der Waals surface area (Å²) >= 11 is 8.08. The van der Waals surface area contributed by atoms with Crippen molar-refractivity contribution in [3.05, 3.63) is 65.9 Å². The minimum atomic E-state index is 0.563. The SMILES string of the molecule is COc1ccc(-c2c(-c3ccc(SC)cc3)nc3ncccn23)cc1Cl. The van der Waals surface area contributed by atoms with Crippen molar-refractivity contribution in [1.82, 2.24) is 14.4 Å². The highest BCUT2D eigenvalue weighted by Gasteiger charge is 2.17. The molecular formula is C20H16ClN3OS. The van der Waals surface area contributed by atoms with Crippen molar-refractivity contribution in [3.63, 3.8) is 0 Å². The van der Waals surface area contributed by atoms with Crippen LogP contribution in [0.2, 0.25) is 5.02 Å². The van der Waals surface area contributed by atoms with Crippen molar-refractivity contribution in [2.24, 2.45) is 0 Å². The summed E-state index contributed by atoms with van der Waals surface area (Å²) in [4.78, 5) is 10.4. The Morgan fingerprint density at radius 2 is 1.85 bits per heavy atom. The molecule has 26 heavy (non-hydrogen) atoms. The predicted octanol–water partition coefficient (Wildman–Crippen LogP) is 5.45. The molecule has 0 aliphatic carbocycles. The molecule has 0 fully saturated rings. The van der Waals surface area contributed by atoms with Crippen LogP contribution in [-0.2, 0) is 0 Å². The number of methoxy groups -OCH3 is 1. The molecular weight excluding hydrogens is 366 g/mol. The number of benzene rings is 2. The summed E-state index contributed by atoms with van der Waals surface area (Å²) in [6, 6.07) is 16.0. The normalized spacial score (nSPS) is 11.0. The highest BCUT2D eigenvalue weighted by Crippen LogP contribution is 2.36. The van der Waals surface area contributed by atoms with E-state index in [-0.39, 0.29) is 0 Å². The summed E-state index contributed by atoms with van der Waals surface area (Å²) < 4.78 is 7.26. The maximum absolute atomic E-state index is 6.36. The van der Waals surface area contributed by atoms with Gasteiger partial charge in [-0.15, -0.1) is 11.8 Å². The lowest BCUT2D eigenvalue weighted by molar-refractivity contribution is 0.415. The molecule has 6 heteroatoms. The molecule has 0 N–H and O–H groups in total. The summed E-state index contributed by atoms with van der Waals surface area (Å²) in [5, 5.41) is 0.563. The molecule has 0 radical (unpaired) electrons. The number of thioether (sulfide) groups is 1. The second-order valence-corrected chi connectivity index (χ2v) is 6.96. The van der Waals surface area contributed by atoms with Gasteiger partial charge in [0.1, 0.15) is 5.75 Å². The minimum absolute atomic E-state index is 0.563. The molecule has 2 aromatic carbocycles. The first kappa shape index (κ1) is 16.9. The molecule has 0 saturated heterocycles. The molecule has 0 bridgehead atoms. The number of hydrogen-bond acceptors (Lipinski definition) is 4. The number of fused-ring (bicyclic) bond motifs is 1. The van der Waals surface area contributed by atoms with Gasteiger partial charge in [0.15, 0.2) is 0 Å². The molecule has 4 rings (SSSR count). The fourth-order valence-electron chi connectivity index (χ4n) is 2.93. The van der Waals surface area contributed by atoms with Gasteiger partial charge in [0.05, 0.1) is 23.5 Å². The lowest BCUT2D eigenvalue weighted by Crippen LogP contribution is -1.92. The third kappa shape index (κ3) is 2.93. The van der Waals surface area contributed by atoms with Crippen molar-refractivity contribution >= 4 is 29.1 Å². The first-order chi connectivity index (χ1) is 12.7. The van der Waals surface area contributed by atoms with E-state index in [4.69, 9.17) is 21.3 Å². The average molecular weight is 382 g/mol. The van der Waals surface area contributed by atoms with Crippen LogP contribution in [0.3, 0.4) is 0 Å². The Morgan fingerprint density at radius 3 is 2.54 bits per heavy atom. The second kappa shape index (κ2) is 7.02. The van der Waals surface area contributed by atoms with Crippen molar-refractivity contribution < 1.29 is 4.74 Å². The number of rotatable bonds is 4. The van der Waals surface area contributed by atoms with Crippen LogP contribution in [0, 0.1) is 0 Å². The quantitative estimate of drug-likeness (QED) is 0.441. The largest absolute Gasteiger partial charge is 0.495 e. The Balaban J connectivity index is 1.96. The highest BCUT2D eigenvalue weighted by molar-refractivity contribution is 7.98. The molecule has 0 unspecified atom stereocenters. The fraction of sp³-hybridized carbons (Fsp3) is 0.100. The number of nitrogens with zero attached hydrogens (tertiary/aromatic N) is 3. The predicted molar refractivity (Wildman–Crippen MR) is 107 cm³/mol. The van der Waals surface area contributed by atoms with E-state index in [2.05, 4.69) is 35.5 Å². The zero-order valence-electron chi connectivity index (χ0n) is 14.3. The number of ether oxygens (including phenoxy) is 1. The molecule has 0 aliphatic heterocycles. The molecule has 0 atom stereocenters. The van der Waals surface area contributed by atoms with Crippen LogP contribution in [0.15, 0.2) is 65.8 Å². The van der Waals surface area contributed by atoms with Gasteiger partial charge in [-0.3, -0.25) is 4.40 Å². The maximum Gasteiger partial charge on any atom is 0.234 e.